The molecule has 2 rings (SSSR count). The minimum atomic E-state index is -0.354. The summed E-state index contributed by atoms with van der Waals surface area (Å²) in [5.41, 5.74) is 9.29. The molecule has 0 radical (unpaired) electrons. The highest BCUT2D eigenvalue weighted by molar-refractivity contribution is 9.10. The monoisotopic (exact) mass is 369 g/mol. The van der Waals surface area contributed by atoms with Gasteiger partial charge in [-0.25, -0.2) is 0 Å². The minimum Gasteiger partial charge on any atom is -0.493 e. The summed E-state index contributed by atoms with van der Waals surface area (Å²) in [4.78, 5) is 0. The van der Waals surface area contributed by atoms with Crippen LogP contribution in [0.3, 0.4) is 0 Å². The van der Waals surface area contributed by atoms with Gasteiger partial charge in [-0.15, -0.1) is 0 Å². The van der Waals surface area contributed by atoms with Crippen LogP contribution < -0.4 is 15.2 Å². The first-order valence-electron chi connectivity index (χ1n) is 6.41. The van der Waals surface area contributed by atoms with Crippen molar-refractivity contribution in [1.82, 2.24) is 0 Å². The zero-order chi connectivity index (χ0) is 15.6. The fraction of sp³-hybridized carbons (Fsp3) is 0.250. The molecule has 0 saturated carbocycles. The van der Waals surface area contributed by atoms with E-state index >= 15 is 0 Å². The van der Waals surface area contributed by atoms with Gasteiger partial charge in [0, 0.05) is 15.6 Å². The molecule has 5 heteroatoms. The molecule has 2 N–H and O–H groups in total. The third-order valence-corrected chi connectivity index (χ3v) is 4.34. The summed E-state index contributed by atoms with van der Waals surface area (Å²) < 4.78 is 11.5. The van der Waals surface area contributed by atoms with Gasteiger partial charge < -0.3 is 15.2 Å². The summed E-state index contributed by atoms with van der Waals surface area (Å²) in [7, 11) is 3.16. The molecule has 2 aromatic carbocycles. The molecule has 0 aliphatic carbocycles. The zero-order valence-electron chi connectivity index (χ0n) is 12.1. The Morgan fingerprint density at radius 3 is 2.24 bits per heavy atom. The Hall–Kier alpha value is -1.23. The molecule has 0 aromatic heterocycles. The van der Waals surface area contributed by atoms with E-state index in [4.69, 9.17) is 26.8 Å². The van der Waals surface area contributed by atoms with Crippen LogP contribution in [-0.2, 0) is 0 Å². The molecular formula is C16H17BrClNO2. The van der Waals surface area contributed by atoms with Gasteiger partial charge in [0.15, 0.2) is 11.5 Å². The van der Waals surface area contributed by atoms with Crippen LogP contribution in [0.15, 0.2) is 34.8 Å². The second kappa shape index (κ2) is 6.69. The average Bonchev–Trinajstić information content (AvgIpc) is 2.46. The van der Waals surface area contributed by atoms with E-state index in [2.05, 4.69) is 15.9 Å². The third-order valence-electron chi connectivity index (χ3n) is 3.33. The standard InChI is InChI=1S/C16H17BrClNO2/c1-9-4-5-10(12(17)6-9)16(19)11-7-14(20-2)15(21-3)8-13(11)18/h4-8,16H,19H2,1-3H3. The molecule has 112 valence electrons. The summed E-state index contributed by atoms with van der Waals surface area (Å²) in [6.07, 6.45) is 0. The van der Waals surface area contributed by atoms with E-state index in [-0.39, 0.29) is 6.04 Å². The fourth-order valence-electron chi connectivity index (χ4n) is 2.16. The maximum Gasteiger partial charge on any atom is 0.162 e. The Labute approximate surface area is 138 Å². The molecule has 0 aliphatic heterocycles. The van der Waals surface area contributed by atoms with Crippen LogP contribution in [0.2, 0.25) is 5.02 Å². The number of methoxy groups -OCH3 is 2. The van der Waals surface area contributed by atoms with Crippen molar-refractivity contribution in [1.29, 1.82) is 0 Å². The lowest BCUT2D eigenvalue weighted by Crippen LogP contribution is -2.13. The predicted molar refractivity (Wildman–Crippen MR) is 89.5 cm³/mol. The number of rotatable bonds is 4. The third kappa shape index (κ3) is 3.34. The molecule has 0 amide bonds. The van der Waals surface area contributed by atoms with E-state index in [0.717, 1.165) is 21.2 Å². The number of nitrogens with two attached hydrogens (primary N) is 1. The first-order chi connectivity index (χ1) is 9.97. The highest BCUT2D eigenvalue weighted by Crippen LogP contribution is 2.38. The number of halogens is 2. The molecular weight excluding hydrogens is 354 g/mol. The predicted octanol–water partition coefficient (Wildman–Crippen LogP) is 4.48. The molecule has 1 atom stereocenters. The normalized spacial score (nSPS) is 12.1. The Morgan fingerprint density at radius 1 is 1.05 bits per heavy atom. The lowest BCUT2D eigenvalue weighted by Gasteiger charge is -2.18. The summed E-state index contributed by atoms with van der Waals surface area (Å²) in [6, 6.07) is 9.23. The Bertz CT molecular complexity index is 661. The zero-order valence-corrected chi connectivity index (χ0v) is 14.5. The number of aryl methyl sites for hydroxylation is 1. The number of hydrogen-bond donors (Lipinski definition) is 1. The summed E-state index contributed by atoms with van der Waals surface area (Å²) in [5, 5.41) is 0.549. The molecule has 0 heterocycles. The van der Waals surface area contributed by atoms with E-state index < -0.39 is 0 Å². The van der Waals surface area contributed by atoms with Crippen molar-refractivity contribution >= 4 is 27.5 Å². The SMILES string of the molecule is COc1cc(Cl)c(C(N)c2ccc(C)cc2Br)cc1OC. The van der Waals surface area contributed by atoms with Gasteiger partial charge in [0.05, 0.1) is 20.3 Å². The lowest BCUT2D eigenvalue weighted by atomic mass is 9.98. The van der Waals surface area contributed by atoms with E-state index in [1.807, 2.05) is 31.2 Å². The Kier molecular flexibility index (Phi) is 5.14. The first kappa shape index (κ1) is 16.1. The van der Waals surface area contributed by atoms with E-state index in [9.17, 15) is 0 Å². The van der Waals surface area contributed by atoms with Crippen LogP contribution in [0.1, 0.15) is 22.7 Å². The van der Waals surface area contributed by atoms with Gasteiger partial charge in [-0.2, -0.15) is 0 Å². The van der Waals surface area contributed by atoms with Crippen molar-refractivity contribution in [3.8, 4) is 11.5 Å². The van der Waals surface area contributed by atoms with Gasteiger partial charge in [-0.3, -0.25) is 0 Å². The molecule has 0 spiro atoms. The van der Waals surface area contributed by atoms with Crippen molar-refractivity contribution < 1.29 is 9.47 Å². The van der Waals surface area contributed by atoms with Crippen LogP contribution >= 0.6 is 27.5 Å². The number of benzene rings is 2. The number of ether oxygens (including phenoxy) is 2. The topological polar surface area (TPSA) is 44.5 Å². The van der Waals surface area contributed by atoms with Crippen LogP contribution in [0.4, 0.5) is 0 Å². The lowest BCUT2D eigenvalue weighted by molar-refractivity contribution is 0.354. The van der Waals surface area contributed by atoms with Gasteiger partial charge in [0.25, 0.3) is 0 Å². The molecule has 3 nitrogen and oxygen atoms in total. The molecule has 0 fully saturated rings. The summed E-state index contributed by atoms with van der Waals surface area (Å²) in [5.74, 6) is 1.19. The molecule has 0 saturated heterocycles. The van der Waals surface area contributed by atoms with Crippen molar-refractivity contribution in [2.45, 2.75) is 13.0 Å². The van der Waals surface area contributed by atoms with Crippen molar-refractivity contribution in [3.63, 3.8) is 0 Å². The smallest absolute Gasteiger partial charge is 0.162 e. The highest BCUT2D eigenvalue weighted by Gasteiger charge is 2.18. The highest BCUT2D eigenvalue weighted by atomic mass is 79.9. The van der Waals surface area contributed by atoms with Gasteiger partial charge >= 0.3 is 0 Å². The van der Waals surface area contributed by atoms with Crippen molar-refractivity contribution in [2.75, 3.05) is 14.2 Å². The maximum absolute atomic E-state index is 6.37. The largest absolute Gasteiger partial charge is 0.493 e. The molecule has 0 aliphatic rings. The Balaban J connectivity index is 2.50. The van der Waals surface area contributed by atoms with Crippen LogP contribution in [0.5, 0.6) is 11.5 Å². The van der Waals surface area contributed by atoms with E-state index in [1.54, 1.807) is 20.3 Å². The quantitative estimate of drug-likeness (QED) is 0.863. The van der Waals surface area contributed by atoms with Gasteiger partial charge in [0.2, 0.25) is 0 Å². The minimum absolute atomic E-state index is 0.354. The van der Waals surface area contributed by atoms with Gasteiger partial charge in [-0.1, -0.05) is 39.7 Å². The van der Waals surface area contributed by atoms with Crippen LogP contribution in [0.25, 0.3) is 0 Å². The Morgan fingerprint density at radius 2 is 1.67 bits per heavy atom. The average molecular weight is 371 g/mol. The van der Waals surface area contributed by atoms with Crippen LogP contribution in [-0.4, -0.2) is 14.2 Å². The van der Waals surface area contributed by atoms with Crippen LogP contribution in [0, 0.1) is 6.92 Å². The maximum atomic E-state index is 6.37. The second-order valence-electron chi connectivity index (χ2n) is 4.73. The molecule has 21 heavy (non-hydrogen) atoms. The summed E-state index contributed by atoms with van der Waals surface area (Å²) >= 11 is 9.89. The summed E-state index contributed by atoms with van der Waals surface area (Å²) in [6.45, 7) is 2.03. The second-order valence-corrected chi connectivity index (χ2v) is 5.99. The fourth-order valence-corrected chi connectivity index (χ4v) is 3.17. The van der Waals surface area contributed by atoms with E-state index in [0.29, 0.717) is 16.5 Å². The molecule has 1 unspecified atom stereocenters. The van der Waals surface area contributed by atoms with Gasteiger partial charge in [-0.05, 0) is 35.7 Å². The van der Waals surface area contributed by atoms with Gasteiger partial charge in [0.1, 0.15) is 0 Å². The van der Waals surface area contributed by atoms with Crippen molar-refractivity contribution in [2.24, 2.45) is 5.73 Å². The number of hydrogen-bond acceptors (Lipinski definition) is 3. The molecule has 2 aromatic rings. The molecule has 0 bridgehead atoms. The van der Waals surface area contributed by atoms with Crippen molar-refractivity contribution in [3.05, 3.63) is 56.5 Å². The van der Waals surface area contributed by atoms with E-state index in [1.165, 1.54) is 0 Å². The first-order valence-corrected chi connectivity index (χ1v) is 7.58.